The van der Waals surface area contributed by atoms with Crippen molar-refractivity contribution < 1.29 is 4.79 Å². The molecule has 0 radical (unpaired) electrons. The molecule has 5 heteroatoms. The predicted octanol–water partition coefficient (Wildman–Crippen LogP) is 2.21. The van der Waals surface area contributed by atoms with Gasteiger partial charge in [-0.25, -0.2) is 0 Å². The van der Waals surface area contributed by atoms with Gasteiger partial charge in [-0.1, -0.05) is 6.07 Å². The standard InChI is InChI=1S/C15H21N3OS/c1-11-8-12(2)10-13(9-11)17-15(20)16-5-7-18-6-3-4-14(18)19/h8-10H,3-7H2,1-2H3,(H2,16,17,20). The minimum absolute atomic E-state index is 0.250. The molecule has 2 N–H and O–H groups in total. The lowest BCUT2D eigenvalue weighted by Gasteiger charge is -2.17. The second kappa shape index (κ2) is 6.70. The first-order valence-electron chi connectivity index (χ1n) is 6.95. The van der Waals surface area contributed by atoms with Crippen LogP contribution in [0.25, 0.3) is 0 Å². The van der Waals surface area contributed by atoms with Crippen molar-refractivity contribution in [2.75, 3.05) is 25.0 Å². The minimum atomic E-state index is 0.250. The van der Waals surface area contributed by atoms with Gasteiger partial charge in [-0.3, -0.25) is 4.79 Å². The molecule has 0 unspecified atom stereocenters. The predicted molar refractivity (Wildman–Crippen MR) is 86.0 cm³/mol. The van der Waals surface area contributed by atoms with E-state index in [0.29, 0.717) is 24.6 Å². The lowest BCUT2D eigenvalue weighted by atomic mass is 10.1. The van der Waals surface area contributed by atoms with Crippen LogP contribution in [0.4, 0.5) is 5.69 Å². The van der Waals surface area contributed by atoms with Crippen LogP contribution in [0.5, 0.6) is 0 Å². The average Bonchev–Trinajstić information content (AvgIpc) is 2.73. The number of anilines is 1. The van der Waals surface area contributed by atoms with Gasteiger partial charge in [-0.2, -0.15) is 0 Å². The van der Waals surface area contributed by atoms with Gasteiger partial charge in [0.15, 0.2) is 5.11 Å². The third kappa shape index (κ3) is 4.20. The van der Waals surface area contributed by atoms with E-state index in [-0.39, 0.29) is 5.91 Å². The Hall–Kier alpha value is -1.62. The largest absolute Gasteiger partial charge is 0.361 e. The number of nitrogens with zero attached hydrogens (tertiary/aromatic N) is 1. The van der Waals surface area contributed by atoms with Gasteiger partial charge in [-0.05, 0) is 55.7 Å². The number of nitrogens with one attached hydrogen (secondary N) is 2. The molecule has 108 valence electrons. The highest BCUT2D eigenvalue weighted by Gasteiger charge is 2.19. The molecule has 0 aromatic heterocycles. The molecule has 0 aliphatic carbocycles. The van der Waals surface area contributed by atoms with Gasteiger partial charge in [0, 0.05) is 31.7 Å². The van der Waals surface area contributed by atoms with Crippen LogP contribution in [0.1, 0.15) is 24.0 Å². The Morgan fingerprint density at radius 3 is 2.60 bits per heavy atom. The number of carbonyl (C=O) groups excluding carboxylic acids is 1. The van der Waals surface area contributed by atoms with Gasteiger partial charge in [0.25, 0.3) is 0 Å². The van der Waals surface area contributed by atoms with Crippen molar-refractivity contribution in [2.45, 2.75) is 26.7 Å². The fourth-order valence-corrected chi connectivity index (χ4v) is 2.69. The first kappa shape index (κ1) is 14.8. The summed E-state index contributed by atoms with van der Waals surface area (Å²) in [5, 5.41) is 6.92. The fourth-order valence-electron chi connectivity index (χ4n) is 2.47. The quantitative estimate of drug-likeness (QED) is 0.835. The van der Waals surface area contributed by atoms with Crippen molar-refractivity contribution in [1.82, 2.24) is 10.2 Å². The zero-order valence-electron chi connectivity index (χ0n) is 12.0. The van der Waals surface area contributed by atoms with Gasteiger partial charge in [0.05, 0.1) is 0 Å². The molecule has 1 saturated heterocycles. The highest BCUT2D eigenvalue weighted by atomic mass is 32.1. The summed E-state index contributed by atoms with van der Waals surface area (Å²) in [6.45, 7) is 6.40. The maximum atomic E-state index is 11.5. The monoisotopic (exact) mass is 291 g/mol. The van der Waals surface area contributed by atoms with Crippen molar-refractivity contribution in [3.63, 3.8) is 0 Å². The van der Waals surface area contributed by atoms with E-state index in [2.05, 4.69) is 42.7 Å². The number of likely N-dealkylation sites (tertiary alicyclic amines) is 1. The number of carbonyl (C=O) groups is 1. The van der Waals surface area contributed by atoms with E-state index in [4.69, 9.17) is 12.2 Å². The summed E-state index contributed by atoms with van der Waals surface area (Å²) < 4.78 is 0. The molecule has 1 heterocycles. The third-order valence-electron chi connectivity index (χ3n) is 3.32. The van der Waals surface area contributed by atoms with E-state index in [1.54, 1.807) is 0 Å². The highest BCUT2D eigenvalue weighted by Crippen LogP contribution is 2.13. The maximum absolute atomic E-state index is 11.5. The Kier molecular flexibility index (Phi) is 4.95. The van der Waals surface area contributed by atoms with Crippen molar-refractivity contribution in [2.24, 2.45) is 0 Å². The lowest BCUT2D eigenvalue weighted by Crippen LogP contribution is -2.37. The normalized spacial score (nSPS) is 14.5. The summed E-state index contributed by atoms with van der Waals surface area (Å²) in [5.74, 6) is 0.250. The summed E-state index contributed by atoms with van der Waals surface area (Å²) >= 11 is 5.27. The molecule has 0 saturated carbocycles. The molecule has 1 aromatic carbocycles. The summed E-state index contributed by atoms with van der Waals surface area (Å²) in [6, 6.07) is 6.25. The maximum Gasteiger partial charge on any atom is 0.222 e. The third-order valence-corrected chi connectivity index (χ3v) is 3.56. The number of hydrogen-bond donors (Lipinski definition) is 2. The van der Waals surface area contributed by atoms with Crippen LogP contribution in [0.3, 0.4) is 0 Å². The molecule has 1 aromatic rings. The Balaban J connectivity index is 1.76. The van der Waals surface area contributed by atoms with Crippen LogP contribution in [0.2, 0.25) is 0 Å². The highest BCUT2D eigenvalue weighted by molar-refractivity contribution is 7.80. The Morgan fingerprint density at radius 2 is 2.00 bits per heavy atom. The minimum Gasteiger partial charge on any atom is -0.361 e. The fraction of sp³-hybridized carbons (Fsp3) is 0.467. The zero-order valence-corrected chi connectivity index (χ0v) is 12.8. The number of amides is 1. The first-order valence-corrected chi connectivity index (χ1v) is 7.36. The molecule has 4 nitrogen and oxygen atoms in total. The van der Waals surface area contributed by atoms with E-state index in [1.807, 2.05) is 4.90 Å². The smallest absolute Gasteiger partial charge is 0.222 e. The molecular formula is C15H21N3OS. The molecule has 20 heavy (non-hydrogen) atoms. The van der Waals surface area contributed by atoms with Gasteiger partial charge >= 0.3 is 0 Å². The van der Waals surface area contributed by atoms with Crippen LogP contribution >= 0.6 is 12.2 Å². The zero-order chi connectivity index (χ0) is 14.5. The van der Waals surface area contributed by atoms with Crippen LogP contribution < -0.4 is 10.6 Å². The van der Waals surface area contributed by atoms with Crippen molar-refractivity contribution in [3.8, 4) is 0 Å². The molecule has 1 fully saturated rings. The average molecular weight is 291 g/mol. The second-order valence-electron chi connectivity index (χ2n) is 5.24. The Morgan fingerprint density at radius 1 is 1.30 bits per heavy atom. The summed E-state index contributed by atoms with van der Waals surface area (Å²) in [6.07, 6.45) is 1.66. The summed E-state index contributed by atoms with van der Waals surface area (Å²) in [7, 11) is 0. The molecule has 1 aliphatic heterocycles. The number of rotatable bonds is 4. The number of benzene rings is 1. The number of thiocarbonyl (C=S) groups is 1. The van der Waals surface area contributed by atoms with E-state index in [1.165, 1.54) is 11.1 Å². The van der Waals surface area contributed by atoms with Crippen LogP contribution in [-0.2, 0) is 4.79 Å². The number of aryl methyl sites for hydroxylation is 2. The van der Waals surface area contributed by atoms with Gasteiger partial charge in [0.1, 0.15) is 0 Å². The summed E-state index contributed by atoms with van der Waals surface area (Å²) in [5.41, 5.74) is 3.41. The van der Waals surface area contributed by atoms with Crippen molar-refractivity contribution in [1.29, 1.82) is 0 Å². The van der Waals surface area contributed by atoms with Crippen molar-refractivity contribution in [3.05, 3.63) is 29.3 Å². The molecule has 1 amide bonds. The Labute approximate surface area is 125 Å². The van der Waals surface area contributed by atoms with Gasteiger partial charge in [-0.15, -0.1) is 0 Å². The molecule has 0 bridgehead atoms. The molecule has 2 rings (SSSR count). The van der Waals surface area contributed by atoms with E-state index < -0.39 is 0 Å². The first-order chi connectivity index (χ1) is 9.54. The van der Waals surface area contributed by atoms with Crippen LogP contribution in [0, 0.1) is 13.8 Å². The molecule has 0 atom stereocenters. The molecule has 0 spiro atoms. The summed E-state index contributed by atoms with van der Waals surface area (Å²) in [4.78, 5) is 13.3. The van der Waals surface area contributed by atoms with Crippen LogP contribution in [0.15, 0.2) is 18.2 Å². The SMILES string of the molecule is Cc1cc(C)cc(NC(=S)NCCN2CCCC2=O)c1. The lowest BCUT2D eigenvalue weighted by molar-refractivity contribution is -0.127. The van der Waals surface area contributed by atoms with Gasteiger partial charge in [0.2, 0.25) is 5.91 Å². The molecule has 1 aliphatic rings. The van der Waals surface area contributed by atoms with E-state index in [0.717, 1.165) is 18.7 Å². The van der Waals surface area contributed by atoms with Gasteiger partial charge < -0.3 is 15.5 Å². The van der Waals surface area contributed by atoms with Crippen molar-refractivity contribution >= 4 is 28.9 Å². The van der Waals surface area contributed by atoms with E-state index >= 15 is 0 Å². The second-order valence-corrected chi connectivity index (χ2v) is 5.65. The topological polar surface area (TPSA) is 44.4 Å². The number of hydrogen-bond acceptors (Lipinski definition) is 2. The van der Waals surface area contributed by atoms with E-state index in [9.17, 15) is 4.79 Å². The Bertz CT molecular complexity index is 496. The van der Waals surface area contributed by atoms with Crippen LogP contribution in [-0.4, -0.2) is 35.6 Å². The molecular weight excluding hydrogens is 270 g/mol.